The minimum absolute atomic E-state index is 0. The van der Waals surface area contributed by atoms with E-state index in [0.29, 0.717) is 0 Å². The van der Waals surface area contributed by atoms with Gasteiger partial charge in [0.05, 0.1) is 0 Å². The molecule has 0 amide bonds. The van der Waals surface area contributed by atoms with Crippen LogP contribution in [0.5, 0.6) is 0 Å². The number of halogens is 1. The SMILES string of the molecule is CC(=O)c1cc[n+](C)cc1.[I-]. The van der Waals surface area contributed by atoms with Crippen LogP contribution in [0.2, 0.25) is 0 Å². The molecule has 1 rings (SSSR count). The number of pyridine rings is 1. The van der Waals surface area contributed by atoms with Gasteiger partial charge in [0, 0.05) is 17.7 Å². The molecule has 0 spiro atoms. The zero-order valence-electron chi connectivity index (χ0n) is 6.54. The van der Waals surface area contributed by atoms with Crippen LogP contribution in [-0.2, 0) is 7.05 Å². The van der Waals surface area contributed by atoms with Crippen LogP contribution in [0.1, 0.15) is 17.3 Å². The molecule has 0 radical (unpaired) electrons. The van der Waals surface area contributed by atoms with Crippen molar-refractivity contribution in [1.29, 1.82) is 0 Å². The van der Waals surface area contributed by atoms with Gasteiger partial charge in [-0.1, -0.05) is 0 Å². The van der Waals surface area contributed by atoms with E-state index in [0.717, 1.165) is 5.56 Å². The maximum Gasteiger partial charge on any atom is 0.169 e. The van der Waals surface area contributed by atoms with E-state index in [4.69, 9.17) is 0 Å². The molecule has 1 aromatic rings. The molecule has 0 N–H and O–H groups in total. The second-order valence-corrected chi connectivity index (χ2v) is 2.31. The summed E-state index contributed by atoms with van der Waals surface area (Å²) in [5, 5.41) is 0. The van der Waals surface area contributed by atoms with Gasteiger partial charge in [-0.05, 0) is 6.92 Å². The fourth-order valence-corrected chi connectivity index (χ4v) is 0.736. The molecular weight excluding hydrogens is 253 g/mol. The molecule has 0 unspecified atom stereocenters. The van der Waals surface area contributed by atoms with Crippen LogP contribution in [0.4, 0.5) is 0 Å². The van der Waals surface area contributed by atoms with Crippen molar-refractivity contribution in [1.82, 2.24) is 0 Å². The van der Waals surface area contributed by atoms with E-state index in [2.05, 4.69) is 0 Å². The van der Waals surface area contributed by atoms with Gasteiger partial charge < -0.3 is 24.0 Å². The Hall–Kier alpha value is -0.450. The van der Waals surface area contributed by atoms with Gasteiger partial charge >= 0.3 is 0 Å². The maximum absolute atomic E-state index is 10.7. The van der Waals surface area contributed by atoms with Crippen LogP contribution >= 0.6 is 0 Å². The summed E-state index contributed by atoms with van der Waals surface area (Å²) in [5.41, 5.74) is 0.762. The largest absolute Gasteiger partial charge is 1.00 e. The van der Waals surface area contributed by atoms with Gasteiger partial charge in [-0.3, -0.25) is 4.79 Å². The molecule has 0 aliphatic heterocycles. The Morgan fingerprint density at radius 1 is 1.36 bits per heavy atom. The van der Waals surface area contributed by atoms with E-state index in [1.165, 1.54) is 0 Å². The van der Waals surface area contributed by atoms with Gasteiger partial charge in [0.15, 0.2) is 18.2 Å². The number of hydrogen-bond acceptors (Lipinski definition) is 1. The Bertz CT molecular complexity index is 243. The number of aryl methyl sites for hydroxylation is 1. The van der Waals surface area contributed by atoms with Crippen molar-refractivity contribution in [2.24, 2.45) is 7.05 Å². The van der Waals surface area contributed by atoms with Crippen LogP contribution < -0.4 is 28.5 Å². The molecule has 0 fully saturated rings. The molecule has 2 nitrogen and oxygen atoms in total. The van der Waals surface area contributed by atoms with Gasteiger partial charge in [-0.15, -0.1) is 0 Å². The van der Waals surface area contributed by atoms with Gasteiger partial charge in [-0.2, -0.15) is 0 Å². The van der Waals surface area contributed by atoms with Gasteiger partial charge in [-0.25, -0.2) is 4.57 Å². The molecule has 0 aromatic carbocycles. The first kappa shape index (κ1) is 10.6. The highest BCUT2D eigenvalue weighted by atomic mass is 127. The molecule has 1 heterocycles. The van der Waals surface area contributed by atoms with E-state index in [1.807, 2.05) is 36.1 Å². The zero-order chi connectivity index (χ0) is 7.56. The van der Waals surface area contributed by atoms with Gasteiger partial charge in [0.2, 0.25) is 0 Å². The smallest absolute Gasteiger partial charge is 0.169 e. The topological polar surface area (TPSA) is 20.9 Å². The first-order valence-corrected chi connectivity index (χ1v) is 3.16. The molecule has 0 aliphatic rings. The molecule has 0 bridgehead atoms. The standard InChI is InChI=1S/C8H10NO.HI/c1-7(10)8-3-5-9(2)6-4-8;/h3-6H,1-2H3;1H/q+1;/p-1. The van der Waals surface area contributed by atoms with Crippen molar-refractivity contribution in [3.05, 3.63) is 30.1 Å². The molecule has 3 heteroatoms. The minimum Gasteiger partial charge on any atom is -1.00 e. The van der Waals surface area contributed by atoms with Crippen LogP contribution in [0.15, 0.2) is 24.5 Å². The highest BCUT2D eigenvalue weighted by Crippen LogP contribution is 1.94. The lowest BCUT2D eigenvalue weighted by atomic mass is 10.2. The van der Waals surface area contributed by atoms with Crippen LogP contribution in [0.3, 0.4) is 0 Å². The summed E-state index contributed by atoms with van der Waals surface area (Å²) in [4.78, 5) is 10.7. The van der Waals surface area contributed by atoms with Crippen molar-refractivity contribution in [3.63, 3.8) is 0 Å². The van der Waals surface area contributed by atoms with E-state index in [1.54, 1.807) is 6.92 Å². The summed E-state index contributed by atoms with van der Waals surface area (Å²) < 4.78 is 1.90. The fraction of sp³-hybridized carbons (Fsp3) is 0.250. The summed E-state index contributed by atoms with van der Waals surface area (Å²) in [7, 11) is 1.92. The number of ketones is 1. The molecule has 11 heavy (non-hydrogen) atoms. The highest BCUT2D eigenvalue weighted by Gasteiger charge is 1.98. The summed E-state index contributed by atoms with van der Waals surface area (Å²) in [6, 6.07) is 3.62. The predicted molar refractivity (Wildman–Crippen MR) is 37.6 cm³/mol. The molecule has 60 valence electrons. The summed E-state index contributed by atoms with van der Waals surface area (Å²) in [6.45, 7) is 1.56. The monoisotopic (exact) mass is 263 g/mol. The third-order valence-corrected chi connectivity index (χ3v) is 1.38. The van der Waals surface area contributed by atoms with E-state index >= 15 is 0 Å². The van der Waals surface area contributed by atoms with E-state index in [9.17, 15) is 4.79 Å². The van der Waals surface area contributed by atoms with Crippen LogP contribution in [0.25, 0.3) is 0 Å². The molecule has 0 aliphatic carbocycles. The minimum atomic E-state index is 0. The lowest BCUT2D eigenvalue weighted by molar-refractivity contribution is -0.671. The number of hydrogen-bond donors (Lipinski definition) is 0. The summed E-state index contributed by atoms with van der Waals surface area (Å²) in [5.74, 6) is 0.112. The number of aromatic nitrogens is 1. The number of Topliss-reactive ketones (excluding diaryl/α,β-unsaturated/α-hetero) is 1. The normalized spacial score (nSPS) is 8.55. The lowest BCUT2D eigenvalue weighted by Crippen LogP contribution is -3.00. The third kappa shape index (κ3) is 2.96. The van der Waals surface area contributed by atoms with Crippen molar-refractivity contribution in [2.45, 2.75) is 6.92 Å². The van der Waals surface area contributed by atoms with Crippen molar-refractivity contribution in [2.75, 3.05) is 0 Å². The predicted octanol–water partition coefficient (Wildman–Crippen LogP) is -2.28. The first-order valence-electron chi connectivity index (χ1n) is 3.16. The first-order chi connectivity index (χ1) is 4.70. The quantitative estimate of drug-likeness (QED) is 0.318. The molecule has 0 saturated heterocycles. The Morgan fingerprint density at radius 3 is 2.18 bits per heavy atom. The van der Waals surface area contributed by atoms with Crippen LogP contribution in [0, 0.1) is 0 Å². The zero-order valence-corrected chi connectivity index (χ0v) is 8.70. The fourth-order valence-electron chi connectivity index (χ4n) is 0.736. The van der Waals surface area contributed by atoms with E-state index < -0.39 is 0 Å². The third-order valence-electron chi connectivity index (χ3n) is 1.38. The number of rotatable bonds is 1. The molecular formula is C8H10INO. The molecule has 0 saturated carbocycles. The number of nitrogens with zero attached hydrogens (tertiary/aromatic N) is 1. The second-order valence-electron chi connectivity index (χ2n) is 2.31. The number of carbonyl (C=O) groups is 1. The Kier molecular flexibility index (Phi) is 4.25. The highest BCUT2D eigenvalue weighted by molar-refractivity contribution is 5.93. The van der Waals surface area contributed by atoms with Crippen molar-refractivity contribution in [3.8, 4) is 0 Å². The van der Waals surface area contributed by atoms with E-state index in [-0.39, 0.29) is 29.8 Å². The van der Waals surface area contributed by atoms with Crippen molar-refractivity contribution >= 4 is 5.78 Å². The van der Waals surface area contributed by atoms with Gasteiger partial charge in [0.1, 0.15) is 7.05 Å². The number of carbonyl (C=O) groups excluding carboxylic acids is 1. The van der Waals surface area contributed by atoms with Gasteiger partial charge in [0.25, 0.3) is 0 Å². The average molecular weight is 263 g/mol. The lowest BCUT2D eigenvalue weighted by Gasteiger charge is -1.90. The summed E-state index contributed by atoms with van der Waals surface area (Å²) in [6.07, 6.45) is 3.72. The van der Waals surface area contributed by atoms with Crippen LogP contribution in [-0.4, -0.2) is 5.78 Å². The second kappa shape index (κ2) is 4.43. The summed E-state index contributed by atoms with van der Waals surface area (Å²) >= 11 is 0. The average Bonchev–Trinajstić information content (AvgIpc) is 1.88. The Balaban J connectivity index is 0.000001000. The molecule has 0 atom stereocenters. The Morgan fingerprint density at radius 2 is 1.82 bits per heavy atom. The van der Waals surface area contributed by atoms with Crippen molar-refractivity contribution < 1.29 is 33.3 Å². The molecule has 1 aromatic heterocycles. The maximum atomic E-state index is 10.7. The Labute approximate surface area is 83.3 Å².